The Morgan fingerprint density at radius 1 is 1.33 bits per heavy atom. The summed E-state index contributed by atoms with van der Waals surface area (Å²) in [4.78, 5) is 6.54. The monoisotopic (exact) mass is 464 g/mol. The molecule has 6 nitrogen and oxygen atoms in total. The van der Waals surface area contributed by atoms with Crippen LogP contribution in [0.15, 0.2) is 46.1 Å². The minimum Gasteiger partial charge on any atom is -0.492 e. The van der Waals surface area contributed by atoms with Crippen molar-refractivity contribution in [2.24, 2.45) is 4.99 Å². The SMILES string of the molecule is CCNC(=NCc1ccon1)N(C)CCOc1ccc(Cl)cc1.I. The third kappa shape index (κ3) is 6.96. The van der Waals surface area contributed by atoms with E-state index in [9.17, 15) is 0 Å². The number of hydrogen-bond acceptors (Lipinski definition) is 4. The first-order valence-electron chi connectivity index (χ1n) is 7.46. The molecule has 1 heterocycles. The zero-order valence-electron chi connectivity index (χ0n) is 13.7. The van der Waals surface area contributed by atoms with E-state index in [0.717, 1.165) is 23.9 Å². The van der Waals surface area contributed by atoms with Crippen LogP contribution in [-0.2, 0) is 6.54 Å². The van der Waals surface area contributed by atoms with Gasteiger partial charge in [-0.15, -0.1) is 24.0 Å². The summed E-state index contributed by atoms with van der Waals surface area (Å²) in [5.74, 6) is 1.60. The molecule has 1 N–H and O–H groups in total. The Bertz CT molecular complexity index is 605. The van der Waals surface area contributed by atoms with Crippen molar-refractivity contribution in [2.45, 2.75) is 13.5 Å². The standard InChI is InChI=1S/C16H21ClN4O2.HI/c1-3-18-16(19-12-14-8-10-23-20-14)21(2)9-11-22-15-6-4-13(17)5-7-15;/h4-8,10H,3,9,11-12H2,1-2H3,(H,18,19);1H. The Morgan fingerprint density at radius 3 is 2.71 bits per heavy atom. The first kappa shape index (κ1) is 20.6. The van der Waals surface area contributed by atoms with Crippen LogP contribution in [0, 0.1) is 0 Å². The third-order valence-corrected chi connectivity index (χ3v) is 3.34. The van der Waals surface area contributed by atoms with Crippen molar-refractivity contribution < 1.29 is 9.26 Å². The molecule has 0 saturated carbocycles. The molecule has 0 radical (unpaired) electrons. The van der Waals surface area contributed by atoms with E-state index >= 15 is 0 Å². The van der Waals surface area contributed by atoms with Crippen molar-refractivity contribution in [3.63, 3.8) is 0 Å². The van der Waals surface area contributed by atoms with Crippen LogP contribution in [0.2, 0.25) is 5.02 Å². The molecule has 8 heteroatoms. The van der Waals surface area contributed by atoms with Crippen molar-refractivity contribution in [1.82, 2.24) is 15.4 Å². The van der Waals surface area contributed by atoms with Crippen molar-refractivity contribution >= 4 is 41.5 Å². The van der Waals surface area contributed by atoms with Crippen molar-refractivity contribution in [3.05, 3.63) is 47.3 Å². The summed E-state index contributed by atoms with van der Waals surface area (Å²) in [6.07, 6.45) is 1.54. The van der Waals surface area contributed by atoms with E-state index in [1.54, 1.807) is 12.3 Å². The zero-order chi connectivity index (χ0) is 16.5. The number of rotatable bonds is 7. The summed E-state index contributed by atoms with van der Waals surface area (Å²) in [6, 6.07) is 9.13. The highest BCUT2D eigenvalue weighted by molar-refractivity contribution is 14.0. The first-order chi connectivity index (χ1) is 11.2. The summed E-state index contributed by atoms with van der Waals surface area (Å²) in [6.45, 7) is 4.55. The molecule has 0 saturated heterocycles. The molecule has 1 aromatic heterocycles. The van der Waals surface area contributed by atoms with Crippen LogP contribution in [0.3, 0.4) is 0 Å². The molecule has 24 heavy (non-hydrogen) atoms. The lowest BCUT2D eigenvalue weighted by molar-refractivity contribution is 0.281. The molecule has 2 rings (SSSR count). The highest BCUT2D eigenvalue weighted by atomic mass is 127. The van der Waals surface area contributed by atoms with Gasteiger partial charge in [0.05, 0.1) is 13.1 Å². The highest BCUT2D eigenvalue weighted by Gasteiger charge is 2.06. The van der Waals surface area contributed by atoms with Gasteiger partial charge in [-0.1, -0.05) is 16.8 Å². The van der Waals surface area contributed by atoms with Gasteiger partial charge in [-0.2, -0.15) is 0 Å². The molecule has 0 aliphatic carbocycles. The lowest BCUT2D eigenvalue weighted by Gasteiger charge is -2.22. The molecule has 2 aromatic rings. The predicted octanol–water partition coefficient (Wildman–Crippen LogP) is 3.42. The third-order valence-electron chi connectivity index (χ3n) is 3.09. The minimum atomic E-state index is 0. The Hall–Kier alpha value is -1.48. The summed E-state index contributed by atoms with van der Waals surface area (Å²) >= 11 is 5.85. The molecule has 0 bridgehead atoms. The average Bonchev–Trinajstić information content (AvgIpc) is 3.06. The Kier molecular flexibility index (Phi) is 9.55. The van der Waals surface area contributed by atoms with Crippen LogP contribution in [0.5, 0.6) is 5.75 Å². The molecule has 0 amide bonds. The van der Waals surface area contributed by atoms with Crippen LogP contribution in [-0.4, -0.2) is 42.8 Å². The van der Waals surface area contributed by atoms with Gasteiger partial charge in [-0.05, 0) is 31.2 Å². The fourth-order valence-corrected chi connectivity index (χ4v) is 2.01. The fraction of sp³-hybridized carbons (Fsp3) is 0.375. The second-order valence-corrected chi connectivity index (χ2v) is 5.32. The van der Waals surface area contributed by atoms with Crippen molar-refractivity contribution in [2.75, 3.05) is 26.7 Å². The maximum atomic E-state index is 5.85. The van der Waals surface area contributed by atoms with E-state index in [1.165, 1.54) is 0 Å². The van der Waals surface area contributed by atoms with Crippen LogP contribution in [0.25, 0.3) is 0 Å². The second kappa shape index (κ2) is 11.1. The lowest BCUT2D eigenvalue weighted by Crippen LogP contribution is -2.40. The van der Waals surface area contributed by atoms with E-state index in [-0.39, 0.29) is 24.0 Å². The summed E-state index contributed by atoms with van der Waals surface area (Å²) in [5.41, 5.74) is 0.797. The topological polar surface area (TPSA) is 62.9 Å². The number of aromatic nitrogens is 1. The number of halogens is 2. The van der Waals surface area contributed by atoms with Gasteiger partial charge in [0.1, 0.15) is 24.3 Å². The average molecular weight is 465 g/mol. The summed E-state index contributed by atoms with van der Waals surface area (Å²) in [5, 5.41) is 7.80. The van der Waals surface area contributed by atoms with Crippen molar-refractivity contribution in [1.29, 1.82) is 0 Å². The van der Waals surface area contributed by atoms with Gasteiger partial charge in [0.2, 0.25) is 0 Å². The normalized spacial score (nSPS) is 10.9. The molecule has 0 aliphatic heterocycles. The van der Waals surface area contributed by atoms with Crippen LogP contribution >= 0.6 is 35.6 Å². The van der Waals surface area contributed by atoms with Gasteiger partial charge < -0.3 is 19.5 Å². The van der Waals surface area contributed by atoms with Crippen LogP contribution in [0.4, 0.5) is 0 Å². The second-order valence-electron chi connectivity index (χ2n) is 4.88. The van der Waals surface area contributed by atoms with E-state index < -0.39 is 0 Å². The smallest absolute Gasteiger partial charge is 0.194 e. The molecule has 0 spiro atoms. The van der Waals surface area contributed by atoms with Gasteiger partial charge >= 0.3 is 0 Å². The van der Waals surface area contributed by atoms with E-state index in [1.807, 2.05) is 43.1 Å². The number of guanidine groups is 1. The van der Waals surface area contributed by atoms with E-state index in [4.69, 9.17) is 20.9 Å². The van der Waals surface area contributed by atoms with Gasteiger partial charge in [0, 0.05) is 24.7 Å². The molecule has 0 atom stereocenters. The van der Waals surface area contributed by atoms with Gasteiger partial charge in [-0.25, -0.2) is 4.99 Å². The molecular weight excluding hydrogens is 443 g/mol. The molecule has 132 valence electrons. The highest BCUT2D eigenvalue weighted by Crippen LogP contribution is 2.15. The number of aliphatic imine (C=N–C) groups is 1. The number of nitrogens with zero attached hydrogens (tertiary/aromatic N) is 3. The van der Waals surface area contributed by atoms with E-state index in [2.05, 4.69) is 15.5 Å². The lowest BCUT2D eigenvalue weighted by atomic mass is 10.3. The Morgan fingerprint density at radius 2 is 2.08 bits per heavy atom. The molecule has 0 aliphatic rings. The number of likely N-dealkylation sites (N-methyl/N-ethyl adjacent to an activating group) is 1. The number of ether oxygens (including phenoxy) is 1. The molecule has 0 unspecified atom stereocenters. The van der Waals surface area contributed by atoms with Gasteiger partial charge in [0.25, 0.3) is 0 Å². The van der Waals surface area contributed by atoms with Gasteiger partial charge in [-0.3, -0.25) is 0 Å². The first-order valence-corrected chi connectivity index (χ1v) is 7.84. The minimum absolute atomic E-state index is 0. The summed E-state index contributed by atoms with van der Waals surface area (Å²) < 4.78 is 10.5. The van der Waals surface area contributed by atoms with Gasteiger partial charge in [0.15, 0.2) is 5.96 Å². The maximum absolute atomic E-state index is 5.85. The predicted molar refractivity (Wildman–Crippen MR) is 106 cm³/mol. The van der Waals surface area contributed by atoms with Crippen molar-refractivity contribution in [3.8, 4) is 5.75 Å². The zero-order valence-corrected chi connectivity index (χ0v) is 16.8. The fourth-order valence-electron chi connectivity index (χ4n) is 1.88. The Balaban J connectivity index is 0.00000288. The summed E-state index contributed by atoms with van der Waals surface area (Å²) in [7, 11) is 1.97. The molecule has 1 aromatic carbocycles. The van der Waals surface area contributed by atoms with Crippen LogP contribution in [0.1, 0.15) is 12.6 Å². The number of benzene rings is 1. The number of nitrogens with one attached hydrogen (secondary N) is 1. The quantitative estimate of drug-likeness (QED) is 0.386. The Labute approximate surface area is 164 Å². The van der Waals surface area contributed by atoms with E-state index in [0.29, 0.717) is 24.7 Å². The molecular formula is C16H22ClIN4O2. The van der Waals surface area contributed by atoms with Crippen LogP contribution < -0.4 is 10.1 Å². The number of hydrogen-bond donors (Lipinski definition) is 1. The maximum Gasteiger partial charge on any atom is 0.194 e. The largest absolute Gasteiger partial charge is 0.492 e. The molecule has 0 fully saturated rings.